The Bertz CT molecular complexity index is 2660. The zero-order valence-electron chi connectivity index (χ0n) is 48.7. The quantitative estimate of drug-likeness (QED) is 0.0903. The molecule has 0 saturated carbocycles. The first-order valence-corrected chi connectivity index (χ1v) is 28.3. The van der Waals surface area contributed by atoms with Gasteiger partial charge >= 0.3 is 6.09 Å². The lowest BCUT2D eigenvalue weighted by atomic mass is 9.76. The fourth-order valence-electron chi connectivity index (χ4n) is 11.1. The summed E-state index contributed by atoms with van der Waals surface area (Å²) in [5, 5.41) is 12.6. The monoisotopic (exact) mass is 1070 g/mol. The maximum atomic E-state index is 15.0. The van der Waals surface area contributed by atoms with Crippen LogP contribution in [0.15, 0.2) is 72.8 Å². The number of likely N-dealkylation sites (N-methyl/N-ethyl adjacent to an activating group) is 1. The molecule has 15 nitrogen and oxygen atoms in total. The zero-order valence-corrected chi connectivity index (χ0v) is 48.7. The third-order valence-corrected chi connectivity index (χ3v) is 16.1. The van der Waals surface area contributed by atoms with Crippen LogP contribution in [-0.4, -0.2) is 100 Å². The van der Waals surface area contributed by atoms with Crippen molar-refractivity contribution < 1.29 is 43.1 Å². The minimum Gasteiger partial charge on any atom is -0.444 e. The minimum atomic E-state index is -0.963. The van der Waals surface area contributed by atoms with E-state index in [0.717, 1.165) is 60.8 Å². The number of aryl methyl sites for hydroxylation is 2. The normalized spacial score (nSPS) is 20.3. The Morgan fingerprint density at radius 3 is 1.79 bits per heavy atom. The van der Waals surface area contributed by atoms with Crippen molar-refractivity contribution in [1.29, 1.82) is 0 Å². The third kappa shape index (κ3) is 15.7. The summed E-state index contributed by atoms with van der Waals surface area (Å²) in [6, 6.07) is 19.2. The van der Waals surface area contributed by atoms with Crippen LogP contribution in [0.1, 0.15) is 185 Å². The molecule has 0 bridgehead atoms. The number of fused-ring (bicyclic) bond motifs is 2. The van der Waals surface area contributed by atoms with E-state index in [1.807, 2.05) is 91.8 Å². The molecule has 3 aromatic carbocycles. The Balaban J connectivity index is 1.22. The predicted octanol–water partition coefficient (Wildman–Crippen LogP) is 9.35. The molecule has 2 aliphatic carbocycles. The molecule has 0 aromatic heterocycles. The molecule has 78 heavy (non-hydrogen) atoms. The first-order chi connectivity index (χ1) is 36.6. The number of nitrogens with one attached hydrogen (secondary N) is 4. The smallest absolute Gasteiger partial charge is 0.410 e. The van der Waals surface area contributed by atoms with Gasteiger partial charge in [0.25, 0.3) is 5.91 Å². The lowest BCUT2D eigenvalue weighted by molar-refractivity contribution is -0.146. The van der Waals surface area contributed by atoms with Crippen molar-refractivity contribution in [3.63, 3.8) is 0 Å². The fraction of sp³-hybridized carbons (Fsp3) is 0.587. The van der Waals surface area contributed by atoms with E-state index in [1.54, 1.807) is 52.0 Å². The van der Waals surface area contributed by atoms with Crippen molar-refractivity contribution in [2.75, 3.05) is 13.6 Å². The van der Waals surface area contributed by atoms with E-state index >= 15 is 4.79 Å². The summed E-state index contributed by atoms with van der Waals surface area (Å²) < 4.78 is 5.52. The second-order valence-corrected chi connectivity index (χ2v) is 25.5. The Morgan fingerprint density at radius 1 is 0.692 bits per heavy atom. The maximum absolute atomic E-state index is 15.0. The number of hydrogen-bond donors (Lipinski definition) is 4. The van der Waals surface area contributed by atoms with Gasteiger partial charge in [0.15, 0.2) is 11.6 Å². The van der Waals surface area contributed by atoms with Gasteiger partial charge in [-0.1, -0.05) is 116 Å². The number of carbonyl (C=O) groups excluding carboxylic acids is 8. The van der Waals surface area contributed by atoms with E-state index in [0.29, 0.717) is 12.0 Å². The van der Waals surface area contributed by atoms with E-state index in [2.05, 4.69) is 33.4 Å². The Morgan fingerprint density at radius 2 is 1.26 bits per heavy atom. The fourth-order valence-corrected chi connectivity index (χ4v) is 11.1. The van der Waals surface area contributed by atoms with Crippen LogP contribution in [0.5, 0.6) is 0 Å². The number of hydrogen-bond acceptors (Lipinski definition) is 9. The lowest BCUT2D eigenvalue weighted by Gasteiger charge is -2.36. The summed E-state index contributed by atoms with van der Waals surface area (Å²) >= 11 is 0. The summed E-state index contributed by atoms with van der Waals surface area (Å²) in [6.45, 7) is 21.9. The van der Waals surface area contributed by atoms with Crippen LogP contribution in [0.4, 0.5) is 4.79 Å². The van der Waals surface area contributed by atoms with Gasteiger partial charge in [-0.25, -0.2) is 4.79 Å². The highest BCUT2D eigenvalue weighted by Gasteiger charge is 2.47. The molecule has 1 unspecified atom stereocenters. The second kappa shape index (κ2) is 25.6. The molecule has 15 heteroatoms. The maximum Gasteiger partial charge on any atom is 0.410 e. The van der Waals surface area contributed by atoms with Crippen molar-refractivity contribution in [1.82, 2.24) is 31.1 Å². The third-order valence-electron chi connectivity index (χ3n) is 16.1. The standard InChI is InChI=1S/C63H88N6O9/c1-14-38(2)55(72)67-54(62(7,8)9)53(71)34-44(57(74)65-49-27-19-23-41-21-15-17-25-46(41)49)33-40-29-31-43(32-30-40)56(73)64-45-35-51(58(75)66-50-28-20-24-42-22-16-18-26-47(42)50)69(37-45)59(76)48(61(4,5)6)36-52(70)39(3)68(13)60(77)78-63(10,11)12/h15-18,21-22,25-26,29-32,38-39,44-45,48-51,54H,14,19-20,23-24,27-28,33-37H2,1-13H3,(H,64,73)(H,65,74)(H,66,75)(H,67,72)/t38-,39+,44-,45+,48-,49-,50?,51+,54-/m1/s1. The molecule has 6 amide bonds. The van der Waals surface area contributed by atoms with Gasteiger partial charge in [0.05, 0.1) is 24.2 Å². The Labute approximate surface area is 463 Å². The minimum absolute atomic E-state index is 0.0137. The molecule has 1 saturated heterocycles. The van der Waals surface area contributed by atoms with Crippen LogP contribution in [0.3, 0.4) is 0 Å². The molecule has 0 spiro atoms. The summed E-state index contributed by atoms with van der Waals surface area (Å²) in [7, 11) is 1.49. The van der Waals surface area contributed by atoms with E-state index in [1.165, 1.54) is 22.4 Å². The number of ether oxygens (including phenoxy) is 1. The van der Waals surface area contributed by atoms with Gasteiger partial charge in [0.2, 0.25) is 23.6 Å². The van der Waals surface area contributed by atoms with Crippen LogP contribution in [-0.2, 0) is 52.8 Å². The summed E-state index contributed by atoms with van der Waals surface area (Å²) in [6.07, 6.45) is 5.08. The molecule has 1 heterocycles. The highest BCUT2D eigenvalue weighted by atomic mass is 16.6. The molecule has 1 fully saturated rings. The molecular weight excluding hydrogens is 985 g/mol. The van der Waals surface area contributed by atoms with Crippen molar-refractivity contribution in [3.8, 4) is 0 Å². The number of amides is 6. The van der Waals surface area contributed by atoms with Crippen molar-refractivity contribution >= 4 is 47.2 Å². The number of carbonyl (C=O) groups is 8. The SMILES string of the molecule is CC[C@@H](C)C(=O)N[C@H](C(=O)C[C@@H](Cc1ccc(C(=O)N[C@H]2C[C@@H](C(=O)NC3CCCc4ccccc43)N(C(=O)[C@@H](CC(=O)[C@H](C)N(C)C(=O)OC(C)(C)C)C(C)(C)C)C2)cc1)C(=O)N[C@@H]1CCCc2ccccc21)C(C)(C)C. The number of benzene rings is 3. The van der Waals surface area contributed by atoms with Crippen molar-refractivity contribution in [2.45, 2.75) is 196 Å². The van der Waals surface area contributed by atoms with E-state index in [-0.39, 0.29) is 79.5 Å². The molecule has 3 aliphatic rings. The van der Waals surface area contributed by atoms with Crippen molar-refractivity contribution in [3.05, 3.63) is 106 Å². The van der Waals surface area contributed by atoms with Crippen molar-refractivity contribution in [2.24, 2.45) is 28.6 Å². The number of Topliss-reactive ketones (excluding diaryl/α,β-unsaturated/α-hetero) is 2. The molecule has 0 radical (unpaired) electrons. The van der Waals surface area contributed by atoms with Crippen LogP contribution in [0.2, 0.25) is 0 Å². The molecule has 6 rings (SSSR count). The van der Waals surface area contributed by atoms with Gasteiger partial charge in [-0.2, -0.15) is 0 Å². The van der Waals surface area contributed by atoms with Gasteiger partial charge in [0, 0.05) is 55.8 Å². The van der Waals surface area contributed by atoms with Crippen LogP contribution < -0.4 is 21.3 Å². The first-order valence-electron chi connectivity index (χ1n) is 28.3. The number of rotatable bonds is 19. The largest absolute Gasteiger partial charge is 0.444 e. The Hall–Kier alpha value is -6.38. The molecule has 3 aromatic rings. The lowest BCUT2D eigenvalue weighted by Crippen LogP contribution is -2.51. The molecular formula is C63H88N6O9. The predicted molar refractivity (Wildman–Crippen MR) is 302 cm³/mol. The molecule has 9 atom stereocenters. The number of ketones is 2. The average Bonchev–Trinajstić information content (AvgIpc) is 3.82. The van der Waals surface area contributed by atoms with Gasteiger partial charge in [-0.3, -0.25) is 33.6 Å². The molecule has 424 valence electrons. The van der Waals surface area contributed by atoms with Crippen LogP contribution >= 0.6 is 0 Å². The van der Waals surface area contributed by atoms with E-state index in [4.69, 9.17) is 4.74 Å². The van der Waals surface area contributed by atoms with E-state index < -0.39 is 70.3 Å². The van der Waals surface area contributed by atoms with Gasteiger partial charge < -0.3 is 35.8 Å². The van der Waals surface area contributed by atoms with Crippen LogP contribution in [0.25, 0.3) is 0 Å². The number of likely N-dealkylation sites (tertiary alicyclic amines) is 1. The number of nitrogens with zero attached hydrogens (tertiary/aromatic N) is 2. The van der Waals surface area contributed by atoms with Crippen LogP contribution in [0, 0.1) is 28.6 Å². The molecule has 4 N–H and O–H groups in total. The van der Waals surface area contributed by atoms with E-state index in [9.17, 15) is 33.6 Å². The summed E-state index contributed by atoms with van der Waals surface area (Å²) in [5.74, 6) is -4.17. The summed E-state index contributed by atoms with van der Waals surface area (Å²) in [5.41, 5.74) is 3.37. The molecule has 1 aliphatic heterocycles. The highest BCUT2D eigenvalue weighted by Crippen LogP contribution is 2.36. The first kappa shape index (κ1) is 60.8. The van der Waals surface area contributed by atoms with Gasteiger partial charge in [0.1, 0.15) is 11.6 Å². The zero-order chi connectivity index (χ0) is 57.4. The average molecular weight is 1070 g/mol. The van der Waals surface area contributed by atoms with Gasteiger partial charge in [-0.15, -0.1) is 0 Å². The highest BCUT2D eigenvalue weighted by molar-refractivity contribution is 5.97. The second-order valence-electron chi connectivity index (χ2n) is 25.5. The summed E-state index contributed by atoms with van der Waals surface area (Å²) in [4.78, 5) is 116. The van der Waals surface area contributed by atoms with Gasteiger partial charge in [-0.05, 0) is 136 Å². The topological polar surface area (TPSA) is 200 Å². The Kier molecular flexibility index (Phi) is 20.0.